The maximum absolute atomic E-state index is 6.51. The molecule has 2 heteroatoms. The number of hydrogen-bond donors (Lipinski definition) is 0. The summed E-state index contributed by atoms with van der Waals surface area (Å²) in [6.45, 7) is 0. The molecule has 0 radical (unpaired) electrons. The molecule has 0 amide bonds. The lowest BCUT2D eigenvalue weighted by Gasteiger charge is -2.24. The highest BCUT2D eigenvalue weighted by Crippen LogP contribution is 2.54. The molecule has 0 unspecified atom stereocenters. The number of rotatable bonds is 7. The zero-order valence-electron chi connectivity index (χ0n) is 33.9. The molecule has 0 saturated heterocycles. The van der Waals surface area contributed by atoms with E-state index in [1.54, 1.807) is 0 Å². The highest BCUT2D eigenvalue weighted by atomic mass is 16.3. The lowest BCUT2D eigenvalue weighted by atomic mass is 9.80. The molecule has 0 atom stereocenters. The van der Waals surface area contributed by atoms with Crippen LogP contribution in [-0.4, -0.2) is 4.57 Å². The van der Waals surface area contributed by atoms with E-state index in [0.717, 1.165) is 55.4 Å². The van der Waals surface area contributed by atoms with E-state index in [1.807, 2.05) is 6.07 Å². The SMILES string of the molecule is c1ccc(-c2c(-c3ccccc3)c(-c3ccccc3)c3c(c2-c2ccccc2)c2ccc(-c4cccc(-c5cccc6c5oc5ccccc56)c4)cc2n3-c2ccccc2)cc1. The molecule has 2 nitrogen and oxygen atoms in total. The second-order valence-corrected chi connectivity index (χ2v) is 16.0. The molecule has 0 saturated carbocycles. The maximum atomic E-state index is 6.51. The second kappa shape index (κ2) is 14.8. The number of benzene rings is 10. The number of furan rings is 1. The minimum atomic E-state index is 0.904. The van der Waals surface area contributed by atoms with Crippen LogP contribution in [0.25, 0.3) is 116 Å². The first-order valence-electron chi connectivity index (χ1n) is 21.3. The predicted molar refractivity (Wildman–Crippen MR) is 261 cm³/mol. The number of fused-ring (bicyclic) bond motifs is 6. The molecule has 0 fully saturated rings. The second-order valence-electron chi connectivity index (χ2n) is 16.0. The van der Waals surface area contributed by atoms with Gasteiger partial charge in [0.15, 0.2) is 0 Å². The predicted octanol–water partition coefficient (Wildman–Crippen LogP) is 16.7. The number of para-hydroxylation sites is 3. The normalized spacial score (nSPS) is 11.5. The van der Waals surface area contributed by atoms with Crippen LogP contribution in [-0.2, 0) is 0 Å². The van der Waals surface area contributed by atoms with E-state index >= 15 is 0 Å². The molecule has 0 aliphatic carbocycles. The Morgan fingerprint density at radius 3 is 1.45 bits per heavy atom. The molecule has 12 rings (SSSR count). The average Bonchev–Trinajstić information content (AvgIpc) is 3.90. The van der Waals surface area contributed by atoms with Crippen LogP contribution in [0.2, 0.25) is 0 Å². The summed E-state index contributed by atoms with van der Waals surface area (Å²) in [7, 11) is 0. The van der Waals surface area contributed by atoms with E-state index in [9.17, 15) is 0 Å². The van der Waals surface area contributed by atoms with Gasteiger partial charge < -0.3 is 8.98 Å². The van der Waals surface area contributed by atoms with Crippen molar-refractivity contribution in [3.8, 4) is 72.4 Å². The van der Waals surface area contributed by atoms with Gasteiger partial charge in [0, 0.05) is 49.5 Å². The Balaban J connectivity index is 1.22. The minimum absolute atomic E-state index is 0.904. The molecule has 10 aromatic carbocycles. The topological polar surface area (TPSA) is 18.1 Å². The van der Waals surface area contributed by atoms with Crippen LogP contribution >= 0.6 is 0 Å². The van der Waals surface area contributed by atoms with Crippen LogP contribution in [0.3, 0.4) is 0 Å². The third kappa shape index (κ3) is 5.80. The van der Waals surface area contributed by atoms with Gasteiger partial charge in [-0.15, -0.1) is 0 Å². The highest BCUT2D eigenvalue weighted by Gasteiger charge is 2.29. The van der Waals surface area contributed by atoms with Crippen LogP contribution in [0, 0.1) is 0 Å². The van der Waals surface area contributed by atoms with Gasteiger partial charge >= 0.3 is 0 Å². The summed E-state index contributed by atoms with van der Waals surface area (Å²) in [6, 6.07) is 85.5. The molecule has 62 heavy (non-hydrogen) atoms. The van der Waals surface area contributed by atoms with Crippen molar-refractivity contribution in [2.45, 2.75) is 0 Å². The summed E-state index contributed by atoms with van der Waals surface area (Å²) >= 11 is 0. The summed E-state index contributed by atoms with van der Waals surface area (Å²) < 4.78 is 9.03. The maximum Gasteiger partial charge on any atom is 0.143 e. The van der Waals surface area contributed by atoms with Crippen molar-refractivity contribution in [3.63, 3.8) is 0 Å². The third-order valence-corrected chi connectivity index (χ3v) is 12.4. The number of hydrogen-bond acceptors (Lipinski definition) is 1. The molecule has 0 aliphatic rings. The van der Waals surface area contributed by atoms with Crippen LogP contribution in [0.1, 0.15) is 0 Å². The first kappa shape index (κ1) is 35.7. The van der Waals surface area contributed by atoms with Gasteiger partial charge in [0.25, 0.3) is 0 Å². The Morgan fingerprint density at radius 1 is 0.306 bits per heavy atom. The molecular formula is C60H39NO. The lowest BCUT2D eigenvalue weighted by molar-refractivity contribution is 0.670. The Kier molecular flexibility index (Phi) is 8.53. The summed E-state index contributed by atoms with van der Waals surface area (Å²) in [6.07, 6.45) is 0. The molecule has 0 spiro atoms. The summed E-state index contributed by atoms with van der Waals surface area (Å²) in [4.78, 5) is 0. The monoisotopic (exact) mass is 789 g/mol. The highest BCUT2D eigenvalue weighted by molar-refractivity contribution is 6.26. The van der Waals surface area contributed by atoms with Crippen molar-refractivity contribution in [2.75, 3.05) is 0 Å². The number of aromatic nitrogens is 1. The molecule has 290 valence electrons. The first-order valence-corrected chi connectivity index (χ1v) is 21.3. The van der Waals surface area contributed by atoms with Crippen molar-refractivity contribution in [3.05, 3.63) is 237 Å². The standard InChI is InChI=1S/C60H39NO/c1-6-20-40(21-7-1)54-55(41-22-8-2-9-23-41)57(43-26-12-4-13-27-43)59-58(56(54)42-24-10-3-11-25-42)51-37-36-45(39-52(51)61(59)47-30-14-5-15-31-47)44-28-18-29-46(38-44)48-33-19-34-50-49-32-16-17-35-53(49)62-60(48)50/h1-39H. The van der Waals surface area contributed by atoms with E-state index in [0.29, 0.717) is 0 Å². The first-order chi connectivity index (χ1) is 30.8. The molecule has 0 aliphatic heterocycles. The Morgan fingerprint density at radius 2 is 0.790 bits per heavy atom. The van der Waals surface area contributed by atoms with Gasteiger partial charge in [-0.2, -0.15) is 0 Å². The van der Waals surface area contributed by atoms with Crippen molar-refractivity contribution in [1.29, 1.82) is 0 Å². The van der Waals surface area contributed by atoms with Crippen molar-refractivity contribution >= 4 is 43.7 Å². The number of nitrogens with zero attached hydrogens (tertiary/aromatic N) is 1. The largest absolute Gasteiger partial charge is 0.455 e. The van der Waals surface area contributed by atoms with E-state index < -0.39 is 0 Å². The van der Waals surface area contributed by atoms with Crippen molar-refractivity contribution in [1.82, 2.24) is 4.57 Å². The van der Waals surface area contributed by atoms with E-state index in [-0.39, 0.29) is 0 Å². The van der Waals surface area contributed by atoms with Gasteiger partial charge in [0.1, 0.15) is 11.2 Å². The van der Waals surface area contributed by atoms with Gasteiger partial charge in [-0.05, 0) is 74.8 Å². The van der Waals surface area contributed by atoms with Crippen LogP contribution in [0.5, 0.6) is 0 Å². The summed E-state index contributed by atoms with van der Waals surface area (Å²) in [5.41, 5.74) is 19.3. The van der Waals surface area contributed by atoms with Crippen molar-refractivity contribution in [2.24, 2.45) is 0 Å². The van der Waals surface area contributed by atoms with E-state index in [2.05, 4.69) is 235 Å². The van der Waals surface area contributed by atoms with E-state index in [1.165, 1.54) is 60.8 Å². The Hall–Kier alpha value is -8.20. The molecule has 2 heterocycles. The van der Waals surface area contributed by atoms with Crippen molar-refractivity contribution < 1.29 is 4.42 Å². The third-order valence-electron chi connectivity index (χ3n) is 12.4. The summed E-state index contributed by atoms with van der Waals surface area (Å²) in [5, 5.41) is 4.69. The van der Waals surface area contributed by atoms with Gasteiger partial charge in [-0.1, -0.05) is 206 Å². The molecule has 0 bridgehead atoms. The zero-order chi connectivity index (χ0) is 41.0. The smallest absolute Gasteiger partial charge is 0.143 e. The van der Waals surface area contributed by atoms with Crippen LogP contribution in [0.4, 0.5) is 0 Å². The van der Waals surface area contributed by atoms with Gasteiger partial charge in [-0.25, -0.2) is 0 Å². The fourth-order valence-electron chi connectivity index (χ4n) is 9.70. The quantitative estimate of drug-likeness (QED) is 0.157. The minimum Gasteiger partial charge on any atom is -0.455 e. The molecule has 2 aromatic heterocycles. The average molecular weight is 790 g/mol. The molecular weight excluding hydrogens is 751 g/mol. The molecule has 0 N–H and O–H groups in total. The fraction of sp³-hybridized carbons (Fsp3) is 0. The fourth-order valence-corrected chi connectivity index (χ4v) is 9.70. The van der Waals surface area contributed by atoms with Gasteiger partial charge in [-0.3, -0.25) is 0 Å². The lowest BCUT2D eigenvalue weighted by Crippen LogP contribution is -2.00. The Labute approximate surface area is 360 Å². The van der Waals surface area contributed by atoms with E-state index in [4.69, 9.17) is 4.42 Å². The zero-order valence-corrected chi connectivity index (χ0v) is 33.9. The Bertz CT molecular complexity index is 3590. The van der Waals surface area contributed by atoms with Crippen LogP contribution in [0.15, 0.2) is 241 Å². The van der Waals surface area contributed by atoms with Gasteiger partial charge in [0.05, 0.1) is 11.0 Å². The van der Waals surface area contributed by atoms with Crippen LogP contribution < -0.4 is 0 Å². The summed E-state index contributed by atoms with van der Waals surface area (Å²) in [5.74, 6) is 0. The van der Waals surface area contributed by atoms with Gasteiger partial charge in [0.2, 0.25) is 0 Å². The molecule has 12 aromatic rings.